The Morgan fingerprint density at radius 1 is 1.13 bits per heavy atom. The SMILES string of the molecule is CCOc1ccc(-c2nc(NC)nc(N3CCC(C(=O)NCc4ccccc4C(F)(F)F)CC3)n2)cc1Cl. The van der Waals surface area contributed by atoms with Crippen molar-refractivity contribution in [3.63, 3.8) is 0 Å². The lowest BCUT2D eigenvalue weighted by Gasteiger charge is -2.31. The number of carbonyl (C=O) groups is 1. The number of alkyl halides is 3. The highest BCUT2D eigenvalue weighted by Gasteiger charge is 2.33. The zero-order valence-electron chi connectivity index (χ0n) is 21.0. The Labute approximate surface area is 223 Å². The van der Waals surface area contributed by atoms with Crippen LogP contribution in [0.3, 0.4) is 0 Å². The molecule has 0 saturated carbocycles. The van der Waals surface area contributed by atoms with Crippen LogP contribution in [0.25, 0.3) is 11.4 Å². The lowest BCUT2D eigenvalue weighted by molar-refractivity contribution is -0.138. The fraction of sp³-hybridized carbons (Fsp3) is 0.385. The van der Waals surface area contributed by atoms with E-state index in [1.807, 2.05) is 17.9 Å². The molecule has 0 radical (unpaired) electrons. The Morgan fingerprint density at radius 3 is 2.53 bits per heavy atom. The zero-order chi connectivity index (χ0) is 27.3. The van der Waals surface area contributed by atoms with Crippen LogP contribution in [0.2, 0.25) is 5.02 Å². The summed E-state index contributed by atoms with van der Waals surface area (Å²) in [6, 6.07) is 10.6. The Kier molecular flexibility index (Phi) is 8.55. The number of nitrogens with one attached hydrogen (secondary N) is 2. The van der Waals surface area contributed by atoms with E-state index in [9.17, 15) is 18.0 Å². The summed E-state index contributed by atoms with van der Waals surface area (Å²) < 4.78 is 45.2. The Hall–Kier alpha value is -3.60. The van der Waals surface area contributed by atoms with E-state index in [1.54, 1.807) is 19.2 Å². The first kappa shape index (κ1) is 27.4. The van der Waals surface area contributed by atoms with Crippen LogP contribution in [-0.4, -0.2) is 47.6 Å². The van der Waals surface area contributed by atoms with E-state index in [0.717, 1.165) is 6.07 Å². The molecule has 8 nitrogen and oxygen atoms in total. The van der Waals surface area contributed by atoms with Gasteiger partial charge in [-0.15, -0.1) is 0 Å². The van der Waals surface area contributed by atoms with Gasteiger partial charge in [0.05, 0.1) is 17.2 Å². The number of nitrogens with zero attached hydrogens (tertiary/aromatic N) is 4. The van der Waals surface area contributed by atoms with E-state index in [-0.39, 0.29) is 23.9 Å². The van der Waals surface area contributed by atoms with Gasteiger partial charge in [0.15, 0.2) is 5.82 Å². The number of halogens is 4. The van der Waals surface area contributed by atoms with E-state index < -0.39 is 11.7 Å². The number of benzene rings is 2. The summed E-state index contributed by atoms with van der Waals surface area (Å²) in [4.78, 5) is 28.3. The Bertz CT molecular complexity index is 1280. The number of hydrogen-bond acceptors (Lipinski definition) is 7. The molecule has 4 rings (SSSR count). The molecule has 2 heterocycles. The molecule has 0 atom stereocenters. The minimum atomic E-state index is -4.47. The molecule has 0 unspecified atom stereocenters. The zero-order valence-corrected chi connectivity index (χ0v) is 21.7. The van der Waals surface area contributed by atoms with Crippen molar-refractivity contribution in [1.29, 1.82) is 0 Å². The molecule has 12 heteroatoms. The van der Waals surface area contributed by atoms with Crippen molar-refractivity contribution in [3.8, 4) is 17.1 Å². The second-order valence-electron chi connectivity index (χ2n) is 8.74. The molecule has 3 aromatic rings. The van der Waals surface area contributed by atoms with Gasteiger partial charge in [0.25, 0.3) is 0 Å². The molecule has 202 valence electrons. The van der Waals surface area contributed by atoms with Crippen LogP contribution >= 0.6 is 11.6 Å². The van der Waals surface area contributed by atoms with Gasteiger partial charge in [-0.05, 0) is 49.6 Å². The van der Waals surface area contributed by atoms with Crippen LogP contribution in [0, 0.1) is 5.92 Å². The molecular formula is C26H28ClF3N6O2. The fourth-order valence-corrected chi connectivity index (χ4v) is 4.51. The predicted octanol–water partition coefficient (Wildman–Crippen LogP) is 5.18. The highest BCUT2D eigenvalue weighted by Crippen LogP contribution is 2.32. The molecule has 1 aliphatic rings. The van der Waals surface area contributed by atoms with E-state index in [2.05, 4.69) is 25.6 Å². The van der Waals surface area contributed by atoms with Crippen molar-refractivity contribution < 1.29 is 22.7 Å². The third-order valence-corrected chi connectivity index (χ3v) is 6.56. The van der Waals surface area contributed by atoms with Gasteiger partial charge in [0.2, 0.25) is 17.8 Å². The first-order valence-electron chi connectivity index (χ1n) is 12.2. The summed E-state index contributed by atoms with van der Waals surface area (Å²) in [5.74, 6) is 1.27. The molecule has 1 aliphatic heterocycles. The molecule has 2 aromatic carbocycles. The lowest BCUT2D eigenvalue weighted by atomic mass is 9.96. The number of hydrogen-bond donors (Lipinski definition) is 2. The third kappa shape index (κ3) is 6.45. The number of ether oxygens (including phenoxy) is 1. The minimum Gasteiger partial charge on any atom is -0.492 e. The van der Waals surface area contributed by atoms with Gasteiger partial charge in [-0.3, -0.25) is 4.79 Å². The van der Waals surface area contributed by atoms with E-state index in [1.165, 1.54) is 18.2 Å². The summed E-state index contributed by atoms with van der Waals surface area (Å²) in [5.41, 5.74) is -0.000548. The van der Waals surface area contributed by atoms with Crippen LogP contribution in [0.15, 0.2) is 42.5 Å². The van der Waals surface area contributed by atoms with E-state index in [4.69, 9.17) is 16.3 Å². The van der Waals surface area contributed by atoms with Crippen molar-refractivity contribution >= 4 is 29.4 Å². The van der Waals surface area contributed by atoms with E-state index >= 15 is 0 Å². The van der Waals surface area contributed by atoms with Gasteiger partial charge in [-0.25, -0.2) is 0 Å². The first-order valence-corrected chi connectivity index (χ1v) is 12.6. The van der Waals surface area contributed by atoms with Crippen LogP contribution in [0.4, 0.5) is 25.1 Å². The molecule has 0 bridgehead atoms. The maximum Gasteiger partial charge on any atom is 0.416 e. The van der Waals surface area contributed by atoms with Gasteiger partial charge in [0, 0.05) is 38.2 Å². The summed E-state index contributed by atoms with van der Waals surface area (Å²) in [6.45, 7) is 3.21. The normalized spacial score (nSPS) is 14.3. The molecule has 0 aliphatic carbocycles. The molecule has 0 spiro atoms. The summed E-state index contributed by atoms with van der Waals surface area (Å²) in [5, 5.41) is 6.06. The molecule has 38 heavy (non-hydrogen) atoms. The van der Waals surface area contributed by atoms with Gasteiger partial charge in [0.1, 0.15) is 5.75 Å². The highest BCUT2D eigenvalue weighted by molar-refractivity contribution is 6.32. The molecule has 1 saturated heterocycles. The van der Waals surface area contributed by atoms with Crippen LogP contribution in [0.5, 0.6) is 5.75 Å². The fourth-order valence-electron chi connectivity index (χ4n) is 4.28. The maximum absolute atomic E-state index is 13.2. The van der Waals surface area contributed by atoms with Crippen molar-refractivity contribution in [2.45, 2.75) is 32.5 Å². The first-order chi connectivity index (χ1) is 18.2. The number of rotatable bonds is 8. The third-order valence-electron chi connectivity index (χ3n) is 6.26. The maximum atomic E-state index is 13.2. The molecule has 2 N–H and O–H groups in total. The van der Waals surface area contributed by atoms with Crippen molar-refractivity contribution in [2.24, 2.45) is 5.92 Å². The largest absolute Gasteiger partial charge is 0.492 e. The topological polar surface area (TPSA) is 92.3 Å². The van der Waals surface area contributed by atoms with Gasteiger partial charge in [-0.1, -0.05) is 29.8 Å². The quantitative estimate of drug-likeness (QED) is 0.400. The monoisotopic (exact) mass is 548 g/mol. The standard InChI is InChI=1S/C26H28ClF3N6O2/c1-3-38-21-9-8-17(14-20(21)27)22-33-24(31-2)35-25(34-22)36-12-10-16(11-13-36)23(37)32-15-18-6-4-5-7-19(18)26(28,29)30/h4-9,14,16H,3,10-13,15H2,1-2H3,(H,32,37)(H,31,33,34,35). The average molecular weight is 549 g/mol. The summed E-state index contributed by atoms with van der Waals surface area (Å²) >= 11 is 6.35. The van der Waals surface area contributed by atoms with Gasteiger partial charge in [-0.2, -0.15) is 28.1 Å². The number of piperidine rings is 1. The molecular weight excluding hydrogens is 521 g/mol. The highest BCUT2D eigenvalue weighted by atomic mass is 35.5. The number of carbonyl (C=O) groups excluding carboxylic acids is 1. The van der Waals surface area contributed by atoms with E-state index in [0.29, 0.717) is 66.6 Å². The molecule has 1 fully saturated rings. The minimum absolute atomic E-state index is 0.0393. The van der Waals surface area contributed by atoms with Crippen LogP contribution in [-0.2, 0) is 17.5 Å². The summed E-state index contributed by atoms with van der Waals surface area (Å²) in [6.07, 6.45) is -3.45. The average Bonchev–Trinajstić information content (AvgIpc) is 2.92. The second-order valence-corrected chi connectivity index (χ2v) is 9.15. The van der Waals surface area contributed by atoms with Gasteiger partial charge >= 0.3 is 6.18 Å². The Morgan fingerprint density at radius 2 is 1.87 bits per heavy atom. The molecule has 1 amide bonds. The molecule has 1 aromatic heterocycles. The smallest absolute Gasteiger partial charge is 0.416 e. The number of aromatic nitrogens is 3. The van der Waals surface area contributed by atoms with Crippen LogP contribution < -0.4 is 20.3 Å². The number of amides is 1. The lowest BCUT2D eigenvalue weighted by Crippen LogP contribution is -2.41. The van der Waals surface area contributed by atoms with Crippen molar-refractivity contribution in [2.75, 3.05) is 37.0 Å². The van der Waals surface area contributed by atoms with Gasteiger partial charge < -0.3 is 20.3 Å². The second kappa shape index (κ2) is 11.8. The Balaban J connectivity index is 1.41. The summed E-state index contributed by atoms with van der Waals surface area (Å²) in [7, 11) is 1.71. The predicted molar refractivity (Wildman–Crippen MR) is 139 cm³/mol. The number of anilines is 2. The van der Waals surface area contributed by atoms with Crippen molar-refractivity contribution in [3.05, 3.63) is 58.6 Å². The van der Waals surface area contributed by atoms with Crippen LogP contribution in [0.1, 0.15) is 30.9 Å². The van der Waals surface area contributed by atoms with Crippen molar-refractivity contribution in [1.82, 2.24) is 20.3 Å².